The number of halogens is 3. The summed E-state index contributed by atoms with van der Waals surface area (Å²) in [5, 5.41) is 0.623. The Labute approximate surface area is 162 Å². The van der Waals surface area contributed by atoms with Crippen molar-refractivity contribution in [2.24, 2.45) is 17.8 Å². The van der Waals surface area contributed by atoms with Crippen LogP contribution in [0.3, 0.4) is 0 Å². The highest BCUT2D eigenvalue weighted by Crippen LogP contribution is 2.55. The Kier molecular flexibility index (Phi) is 4.50. The molecule has 0 aromatic heterocycles. The van der Waals surface area contributed by atoms with Gasteiger partial charge < -0.3 is 4.74 Å². The van der Waals surface area contributed by atoms with E-state index in [1.807, 2.05) is 26.0 Å². The van der Waals surface area contributed by atoms with Gasteiger partial charge in [0.15, 0.2) is 11.6 Å². The number of rotatable bonds is 2. The molecule has 4 atom stereocenters. The Hall–Kier alpha value is -1.94. The fourth-order valence-corrected chi connectivity index (χ4v) is 5.21. The molecule has 0 amide bonds. The monoisotopic (exact) mass is 390 g/mol. The number of hydrogen-bond acceptors (Lipinski definition) is 2. The zero-order valence-corrected chi connectivity index (χ0v) is 16.0. The lowest BCUT2D eigenvalue weighted by atomic mass is 9.53. The van der Waals surface area contributed by atoms with Gasteiger partial charge >= 0.3 is 0 Å². The molecule has 1 heterocycles. The van der Waals surface area contributed by atoms with Crippen molar-refractivity contribution in [3.05, 3.63) is 64.2 Å². The maximum atomic E-state index is 15.0. The normalized spacial score (nSPS) is 29.7. The Morgan fingerprint density at radius 3 is 2.48 bits per heavy atom. The number of hydrogen-bond donors (Lipinski definition) is 0. The molecular formula is C22H21ClF2O2. The van der Waals surface area contributed by atoms with Gasteiger partial charge in [0.2, 0.25) is 0 Å². The lowest BCUT2D eigenvalue weighted by Gasteiger charge is -2.52. The number of carbonyl (C=O) groups is 1. The number of benzene rings is 2. The average Bonchev–Trinajstić information content (AvgIpc) is 2.64. The van der Waals surface area contributed by atoms with E-state index in [4.69, 9.17) is 16.3 Å². The summed E-state index contributed by atoms with van der Waals surface area (Å²) in [6.45, 7) is 3.97. The molecular weight excluding hydrogens is 370 g/mol. The van der Waals surface area contributed by atoms with Crippen molar-refractivity contribution in [2.75, 3.05) is 6.61 Å². The number of ether oxygens (including phenoxy) is 1. The smallest absolute Gasteiger partial charge is 0.165 e. The molecule has 5 heteroatoms. The standard InChI is InChI=1S/C22H21ClF2O2/c1-12-9-22(10-14-3-5-15(23)6-4-14)16(13(2)20(12)26)11-27-21-18(25)8-7-17(24)19(21)22/h3-8,12-13,16H,9-11H2,1-2H3/t12-,13+,16+,22+/m1/s1. The van der Waals surface area contributed by atoms with E-state index in [2.05, 4.69) is 0 Å². The van der Waals surface area contributed by atoms with Crippen LogP contribution in [0.15, 0.2) is 36.4 Å². The van der Waals surface area contributed by atoms with Gasteiger partial charge in [0.1, 0.15) is 11.6 Å². The van der Waals surface area contributed by atoms with Crippen LogP contribution in [0.1, 0.15) is 31.4 Å². The third kappa shape index (κ3) is 2.85. The van der Waals surface area contributed by atoms with Gasteiger partial charge in [-0.15, -0.1) is 0 Å². The highest BCUT2D eigenvalue weighted by atomic mass is 35.5. The van der Waals surface area contributed by atoms with Crippen LogP contribution in [0.5, 0.6) is 5.75 Å². The minimum absolute atomic E-state index is 0.00559. The van der Waals surface area contributed by atoms with E-state index in [1.165, 1.54) is 0 Å². The van der Waals surface area contributed by atoms with Crippen molar-refractivity contribution < 1.29 is 18.3 Å². The molecule has 0 spiro atoms. The average molecular weight is 391 g/mol. The molecule has 0 saturated heterocycles. The van der Waals surface area contributed by atoms with Crippen LogP contribution in [-0.2, 0) is 16.6 Å². The summed E-state index contributed by atoms with van der Waals surface area (Å²) < 4.78 is 35.2. The Balaban J connectivity index is 1.92. The van der Waals surface area contributed by atoms with Gasteiger partial charge in [-0.2, -0.15) is 0 Å². The molecule has 4 rings (SSSR count). The quantitative estimate of drug-likeness (QED) is 0.690. The highest BCUT2D eigenvalue weighted by molar-refractivity contribution is 6.30. The maximum Gasteiger partial charge on any atom is 0.165 e. The molecule has 142 valence electrons. The van der Waals surface area contributed by atoms with Crippen molar-refractivity contribution >= 4 is 17.4 Å². The first-order chi connectivity index (χ1) is 12.8. The minimum atomic E-state index is -0.694. The molecule has 1 aliphatic heterocycles. The van der Waals surface area contributed by atoms with Gasteiger partial charge in [-0.3, -0.25) is 4.79 Å². The summed E-state index contributed by atoms with van der Waals surface area (Å²) >= 11 is 6.01. The van der Waals surface area contributed by atoms with Crippen molar-refractivity contribution in [2.45, 2.75) is 32.1 Å². The molecule has 27 heavy (non-hydrogen) atoms. The maximum absolute atomic E-state index is 15.0. The predicted octanol–water partition coefficient (Wildman–Crippen LogP) is 5.35. The molecule has 0 bridgehead atoms. The van der Waals surface area contributed by atoms with E-state index in [9.17, 15) is 9.18 Å². The van der Waals surface area contributed by atoms with E-state index in [-0.39, 0.29) is 41.5 Å². The van der Waals surface area contributed by atoms with Gasteiger partial charge in [-0.05, 0) is 42.7 Å². The van der Waals surface area contributed by atoms with Crippen molar-refractivity contribution in [3.63, 3.8) is 0 Å². The third-order valence-corrected chi connectivity index (χ3v) is 6.57. The topological polar surface area (TPSA) is 26.3 Å². The molecule has 0 unspecified atom stereocenters. The Morgan fingerprint density at radius 2 is 1.78 bits per heavy atom. The van der Waals surface area contributed by atoms with E-state index in [1.54, 1.807) is 12.1 Å². The first kappa shape index (κ1) is 18.4. The van der Waals surface area contributed by atoms with Crippen molar-refractivity contribution in [1.82, 2.24) is 0 Å². The molecule has 1 fully saturated rings. The summed E-state index contributed by atoms with van der Waals surface area (Å²) in [5.74, 6) is -1.59. The van der Waals surface area contributed by atoms with Gasteiger partial charge in [-0.25, -0.2) is 8.78 Å². The van der Waals surface area contributed by atoms with Crippen molar-refractivity contribution in [3.8, 4) is 5.75 Å². The summed E-state index contributed by atoms with van der Waals surface area (Å²) in [7, 11) is 0. The molecule has 0 N–H and O–H groups in total. The first-order valence-corrected chi connectivity index (χ1v) is 9.61. The van der Waals surface area contributed by atoms with Gasteiger partial charge in [-0.1, -0.05) is 37.6 Å². The van der Waals surface area contributed by atoms with Crippen LogP contribution in [0.25, 0.3) is 0 Å². The fourth-order valence-electron chi connectivity index (χ4n) is 5.08. The summed E-state index contributed by atoms with van der Waals surface area (Å²) in [4.78, 5) is 12.6. The van der Waals surface area contributed by atoms with Crippen LogP contribution in [-0.4, -0.2) is 12.4 Å². The fraction of sp³-hybridized carbons (Fsp3) is 0.409. The summed E-state index contributed by atoms with van der Waals surface area (Å²) in [6.07, 6.45) is 0.980. The number of ketones is 1. The zero-order valence-electron chi connectivity index (χ0n) is 15.3. The third-order valence-electron chi connectivity index (χ3n) is 6.31. The van der Waals surface area contributed by atoms with E-state index in [0.29, 0.717) is 17.9 Å². The first-order valence-electron chi connectivity index (χ1n) is 9.23. The van der Waals surface area contributed by atoms with Crippen LogP contribution in [0.4, 0.5) is 8.78 Å². The molecule has 2 aromatic rings. The summed E-state index contributed by atoms with van der Waals surface area (Å²) in [5.41, 5.74) is 0.565. The highest BCUT2D eigenvalue weighted by Gasteiger charge is 2.55. The Morgan fingerprint density at radius 1 is 1.11 bits per heavy atom. The van der Waals surface area contributed by atoms with Gasteiger partial charge in [0, 0.05) is 33.8 Å². The number of carbonyl (C=O) groups excluding carboxylic acids is 1. The van der Waals surface area contributed by atoms with Gasteiger partial charge in [0.25, 0.3) is 0 Å². The Bertz CT molecular complexity index is 896. The molecule has 1 saturated carbocycles. The second-order valence-electron chi connectivity index (χ2n) is 7.91. The van der Waals surface area contributed by atoms with E-state index < -0.39 is 17.0 Å². The molecule has 2 aliphatic rings. The van der Waals surface area contributed by atoms with E-state index in [0.717, 1.165) is 17.7 Å². The number of Topliss-reactive ketones (excluding diaryl/α,β-unsaturated/α-hetero) is 1. The predicted molar refractivity (Wildman–Crippen MR) is 100 cm³/mol. The second-order valence-corrected chi connectivity index (χ2v) is 8.34. The van der Waals surface area contributed by atoms with Gasteiger partial charge in [0.05, 0.1) is 6.61 Å². The van der Waals surface area contributed by atoms with Crippen molar-refractivity contribution in [1.29, 1.82) is 0 Å². The second kappa shape index (κ2) is 6.59. The number of fused-ring (bicyclic) bond motifs is 3. The van der Waals surface area contributed by atoms with Crippen LogP contribution in [0.2, 0.25) is 5.02 Å². The zero-order chi connectivity index (χ0) is 19.3. The van der Waals surface area contributed by atoms with Crippen LogP contribution < -0.4 is 4.74 Å². The lowest BCUT2D eigenvalue weighted by molar-refractivity contribution is -0.135. The molecule has 0 radical (unpaired) electrons. The SMILES string of the molecule is C[C@@H]1C[C@@]2(Cc3ccc(Cl)cc3)c3c(F)ccc(F)c3OC[C@H]2[C@H](C)C1=O. The molecule has 2 nitrogen and oxygen atoms in total. The minimum Gasteiger partial charge on any atom is -0.490 e. The van der Waals surface area contributed by atoms with Crippen LogP contribution >= 0.6 is 11.6 Å². The summed E-state index contributed by atoms with van der Waals surface area (Å²) in [6, 6.07) is 9.68. The largest absolute Gasteiger partial charge is 0.490 e. The van der Waals surface area contributed by atoms with Crippen LogP contribution in [0, 0.1) is 29.4 Å². The molecule has 1 aliphatic carbocycles. The van der Waals surface area contributed by atoms with E-state index >= 15 is 4.39 Å². The molecule has 2 aromatic carbocycles. The lowest BCUT2D eigenvalue weighted by Crippen LogP contribution is -2.55.